The molecule has 0 spiro atoms. The molecule has 4 heterocycles. The molecule has 4 aromatic rings. The molecule has 3 aliphatic rings. The smallest absolute Gasteiger partial charge is 0.337 e. The minimum Gasteiger partial charge on any atom is -0.481 e. The fourth-order valence-electron chi connectivity index (χ4n) is 7.75. The highest BCUT2D eigenvalue weighted by atomic mass is 35.5. The number of hydrogen-bond donors (Lipinski definition) is 4. The van der Waals surface area contributed by atoms with E-state index in [1.807, 2.05) is 47.4 Å². The average Bonchev–Trinajstić information content (AvgIpc) is 3.78. The Hall–Kier alpha value is -4.46. The van der Waals surface area contributed by atoms with Gasteiger partial charge in [0.25, 0.3) is 0 Å². The van der Waals surface area contributed by atoms with Crippen molar-refractivity contribution in [2.75, 3.05) is 33.9 Å². The fraction of sp³-hybridized carbons (Fsp3) is 0.400. The first kappa shape index (κ1) is 37.8. The second kappa shape index (κ2) is 16.1. The Morgan fingerprint density at radius 1 is 0.981 bits per heavy atom. The second-order valence-electron chi connectivity index (χ2n) is 14.1. The number of carboxylic acid groups (broad SMARTS) is 1. The van der Waals surface area contributed by atoms with Crippen LogP contribution in [0.5, 0.6) is 17.6 Å². The van der Waals surface area contributed by atoms with Crippen molar-refractivity contribution in [3.05, 3.63) is 86.9 Å². The summed E-state index contributed by atoms with van der Waals surface area (Å²) < 4.78 is 17.7. The Morgan fingerprint density at radius 3 is 2.50 bits per heavy atom. The van der Waals surface area contributed by atoms with Crippen molar-refractivity contribution in [2.24, 2.45) is 0 Å². The Labute approximate surface area is 323 Å². The molecule has 1 unspecified atom stereocenters. The van der Waals surface area contributed by atoms with Crippen LogP contribution in [0.4, 0.5) is 0 Å². The van der Waals surface area contributed by atoms with Crippen LogP contribution in [0.25, 0.3) is 22.4 Å². The Kier molecular flexibility index (Phi) is 11.3. The van der Waals surface area contributed by atoms with Gasteiger partial charge in [0.1, 0.15) is 11.1 Å². The van der Waals surface area contributed by atoms with Crippen LogP contribution in [-0.2, 0) is 29.1 Å². The number of halogens is 2. The molecular weight excluding hydrogens is 733 g/mol. The molecule has 54 heavy (non-hydrogen) atoms. The van der Waals surface area contributed by atoms with E-state index in [1.54, 1.807) is 13.2 Å². The summed E-state index contributed by atoms with van der Waals surface area (Å²) in [7, 11) is 3.11. The summed E-state index contributed by atoms with van der Waals surface area (Å²) in [4.78, 5) is 34.5. The van der Waals surface area contributed by atoms with Crippen molar-refractivity contribution < 1.29 is 34.0 Å². The highest BCUT2D eigenvalue weighted by molar-refractivity contribution is 6.36. The van der Waals surface area contributed by atoms with E-state index in [2.05, 4.69) is 21.7 Å². The fourth-order valence-corrected chi connectivity index (χ4v) is 8.29. The number of fused-ring (bicyclic) bond motifs is 1. The number of nitrogens with one attached hydrogen (secondary N) is 2. The van der Waals surface area contributed by atoms with E-state index in [0.29, 0.717) is 78.5 Å². The van der Waals surface area contributed by atoms with Crippen molar-refractivity contribution in [1.82, 2.24) is 25.5 Å². The zero-order chi connectivity index (χ0) is 38.0. The molecule has 2 aromatic heterocycles. The number of likely N-dealkylation sites (tertiary alicyclic amines) is 1. The van der Waals surface area contributed by atoms with Crippen molar-refractivity contribution >= 4 is 35.1 Å². The number of rotatable bonds is 13. The number of nitrogens with zero attached hydrogens (tertiary/aromatic N) is 3. The molecule has 7 rings (SSSR count). The number of benzene rings is 2. The molecule has 2 saturated heterocycles. The number of aromatic nitrogens is 2. The third-order valence-electron chi connectivity index (χ3n) is 10.5. The van der Waals surface area contributed by atoms with Gasteiger partial charge in [0.05, 0.1) is 24.9 Å². The molecule has 3 atom stereocenters. The van der Waals surface area contributed by atoms with Crippen LogP contribution in [0, 0.1) is 0 Å². The summed E-state index contributed by atoms with van der Waals surface area (Å²) in [6, 6.07) is 17.8. The zero-order valence-corrected chi connectivity index (χ0v) is 31.7. The third kappa shape index (κ3) is 7.85. The monoisotopic (exact) mass is 775 g/mol. The van der Waals surface area contributed by atoms with Gasteiger partial charge in [0.2, 0.25) is 23.5 Å². The quantitative estimate of drug-likeness (QED) is 0.127. The maximum atomic E-state index is 11.7. The molecule has 1 aliphatic carbocycles. The number of aliphatic hydroxyl groups is 1. The molecule has 0 radical (unpaired) electrons. The molecule has 2 aliphatic heterocycles. The Balaban J connectivity index is 1.08. The summed E-state index contributed by atoms with van der Waals surface area (Å²) in [5.74, 6) is -0.0642. The number of amides is 1. The molecule has 2 fully saturated rings. The van der Waals surface area contributed by atoms with Gasteiger partial charge >= 0.3 is 5.97 Å². The summed E-state index contributed by atoms with van der Waals surface area (Å²) >= 11 is 13.9. The van der Waals surface area contributed by atoms with E-state index < -0.39 is 11.6 Å². The highest BCUT2D eigenvalue weighted by Crippen LogP contribution is 2.45. The topological polar surface area (TPSA) is 155 Å². The van der Waals surface area contributed by atoms with Gasteiger partial charge in [-0.1, -0.05) is 65.7 Å². The maximum Gasteiger partial charge on any atom is 0.337 e. The maximum absolute atomic E-state index is 11.7. The van der Waals surface area contributed by atoms with Gasteiger partial charge in [-0.05, 0) is 67.5 Å². The van der Waals surface area contributed by atoms with Crippen molar-refractivity contribution in [3.8, 4) is 40.0 Å². The number of hydrogen-bond acceptors (Lipinski definition) is 10. The van der Waals surface area contributed by atoms with Gasteiger partial charge < -0.3 is 35.1 Å². The average molecular weight is 777 g/mol. The van der Waals surface area contributed by atoms with Crippen LogP contribution in [0.15, 0.2) is 54.6 Å². The predicted octanol–water partition coefficient (Wildman–Crippen LogP) is 5.98. The standard InChI is InChI=1S/C40H43Cl2N5O7/c1-52-36-23(19-43-20-25-11-15-34(48)44-25)10-13-32(45-36)30-9-4-8-29(35(30)42)26-6-3-7-28-27(26)12-14-33(28)54-38-31(41)18-24(37(46-38)53-2)21-47-17-5-16-40(51,22-47)39(49)50/h3-4,6-10,13,18,25,33,43,51H,5,11-12,14-17,19-22H2,1-2H3,(H,44,48)(H,49,50)/t25-,33-,40?/m0/s1. The van der Waals surface area contributed by atoms with Crippen LogP contribution in [-0.4, -0.2) is 82.5 Å². The van der Waals surface area contributed by atoms with E-state index in [9.17, 15) is 19.8 Å². The third-order valence-corrected chi connectivity index (χ3v) is 11.2. The number of piperidine rings is 1. The lowest BCUT2D eigenvalue weighted by Gasteiger charge is -2.36. The Morgan fingerprint density at radius 2 is 1.74 bits per heavy atom. The largest absolute Gasteiger partial charge is 0.481 e. The number of aliphatic carboxylic acids is 1. The normalized spacial score (nSPS) is 21.1. The van der Waals surface area contributed by atoms with Crippen LogP contribution < -0.4 is 24.8 Å². The van der Waals surface area contributed by atoms with Crippen LogP contribution in [0.1, 0.15) is 60.5 Å². The molecule has 1 amide bonds. The lowest BCUT2D eigenvalue weighted by Crippen LogP contribution is -2.52. The van der Waals surface area contributed by atoms with E-state index in [-0.39, 0.29) is 36.9 Å². The van der Waals surface area contributed by atoms with Crippen LogP contribution >= 0.6 is 23.2 Å². The first-order valence-electron chi connectivity index (χ1n) is 18.1. The van der Waals surface area contributed by atoms with Gasteiger partial charge in [0.15, 0.2) is 5.60 Å². The molecule has 284 valence electrons. The number of methoxy groups -OCH3 is 2. The van der Waals surface area contributed by atoms with Crippen molar-refractivity contribution in [2.45, 2.75) is 69.4 Å². The zero-order valence-electron chi connectivity index (χ0n) is 30.2. The molecule has 2 aromatic carbocycles. The number of ether oxygens (including phenoxy) is 3. The van der Waals surface area contributed by atoms with Gasteiger partial charge in [-0.25, -0.2) is 9.78 Å². The van der Waals surface area contributed by atoms with Gasteiger partial charge in [0, 0.05) is 60.9 Å². The van der Waals surface area contributed by atoms with Gasteiger partial charge in [-0.15, -0.1) is 0 Å². The summed E-state index contributed by atoms with van der Waals surface area (Å²) in [6.45, 7) is 2.15. The second-order valence-corrected chi connectivity index (χ2v) is 14.9. The number of pyridine rings is 2. The summed E-state index contributed by atoms with van der Waals surface area (Å²) in [5, 5.41) is 27.3. The number of β-amino-alcohol motifs (C(OH)–C–C–N with tert-alkyl or cyclic N) is 1. The number of carbonyl (C=O) groups excluding carboxylic acids is 1. The van der Waals surface area contributed by atoms with Gasteiger partial charge in [-0.2, -0.15) is 4.98 Å². The first-order valence-corrected chi connectivity index (χ1v) is 18.9. The summed E-state index contributed by atoms with van der Waals surface area (Å²) in [5.41, 5.74) is 5.28. The van der Waals surface area contributed by atoms with Crippen molar-refractivity contribution in [1.29, 1.82) is 0 Å². The van der Waals surface area contributed by atoms with Crippen LogP contribution in [0.2, 0.25) is 10.0 Å². The van der Waals surface area contributed by atoms with E-state index in [4.69, 9.17) is 42.4 Å². The SMILES string of the molecule is COc1nc(-c2cccc(-c3cccc4c3CC[C@@H]4Oc3nc(OC)c(CN4CCCC(O)(C(=O)O)C4)cc3Cl)c2Cl)ccc1CNC[C@@H]1CCC(=O)N1. The minimum absolute atomic E-state index is 0.00568. The molecule has 0 bridgehead atoms. The molecule has 12 nitrogen and oxygen atoms in total. The summed E-state index contributed by atoms with van der Waals surface area (Å²) in [6.07, 6.45) is 3.29. The number of carboxylic acids is 1. The molecule has 0 saturated carbocycles. The predicted molar refractivity (Wildman–Crippen MR) is 204 cm³/mol. The number of carbonyl (C=O) groups is 2. The molecular formula is C40H43Cl2N5O7. The van der Waals surface area contributed by atoms with Crippen LogP contribution in [0.3, 0.4) is 0 Å². The molecule has 4 N–H and O–H groups in total. The van der Waals surface area contributed by atoms with E-state index >= 15 is 0 Å². The van der Waals surface area contributed by atoms with E-state index in [1.165, 1.54) is 7.11 Å². The Bertz CT molecular complexity index is 2070. The van der Waals surface area contributed by atoms with E-state index in [0.717, 1.165) is 46.2 Å². The van der Waals surface area contributed by atoms with Gasteiger partial charge in [-0.3, -0.25) is 9.69 Å². The minimum atomic E-state index is -1.79. The highest BCUT2D eigenvalue weighted by Gasteiger charge is 2.40. The molecule has 14 heteroatoms. The first-order chi connectivity index (χ1) is 26.1. The van der Waals surface area contributed by atoms with Crippen molar-refractivity contribution in [3.63, 3.8) is 0 Å². The lowest BCUT2D eigenvalue weighted by molar-refractivity contribution is -0.164. The lowest BCUT2D eigenvalue weighted by atomic mass is 9.93.